The molecule has 3 rings (SSSR count). The van der Waals surface area contributed by atoms with Gasteiger partial charge >= 0.3 is 5.97 Å². The van der Waals surface area contributed by atoms with Crippen molar-refractivity contribution in [3.05, 3.63) is 83.0 Å². The van der Waals surface area contributed by atoms with Gasteiger partial charge in [-0.2, -0.15) is 0 Å². The van der Waals surface area contributed by atoms with E-state index in [0.717, 1.165) is 17.7 Å². The third-order valence-corrected chi connectivity index (χ3v) is 4.56. The van der Waals surface area contributed by atoms with Gasteiger partial charge in [0.05, 0.1) is 18.2 Å². The van der Waals surface area contributed by atoms with Crippen LogP contribution < -0.4 is 10.6 Å². The topological polar surface area (TPSA) is 80.3 Å². The number of carbonyl (C=O) groups is 2. The highest BCUT2D eigenvalue weighted by molar-refractivity contribution is 6.04. The summed E-state index contributed by atoms with van der Waals surface area (Å²) in [7, 11) is 1.31. The molecule has 1 heterocycles. The molecule has 1 aromatic heterocycles. The SMILES string of the molecule is CCc1cccc(C)c1Nc1ccc(C(=O)Nc2cccc(C(=O)OC)c2)cn1. The number of anilines is 3. The molecule has 0 atom stereocenters. The third-order valence-electron chi connectivity index (χ3n) is 4.56. The molecule has 3 aromatic rings. The standard InChI is InChI=1S/C23H23N3O3/c1-4-16-8-5-7-15(2)21(16)26-20-12-11-18(14-24-20)22(27)25-19-10-6-9-17(13-19)23(28)29-3/h5-14H,4H2,1-3H3,(H,24,26)(H,25,27). The lowest BCUT2D eigenvalue weighted by Crippen LogP contribution is -2.13. The molecule has 0 bridgehead atoms. The van der Waals surface area contributed by atoms with Gasteiger partial charge in [-0.05, 0) is 54.8 Å². The third kappa shape index (κ3) is 4.79. The Hall–Kier alpha value is -3.67. The summed E-state index contributed by atoms with van der Waals surface area (Å²) in [5.74, 6) is -0.102. The van der Waals surface area contributed by atoms with E-state index in [0.29, 0.717) is 22.6 Å². The lowest BCUT2D eigenvalue weighted by Gasteiger charge is -2.13. The number of rotatable bonds is 6. The molecular formula is C23H23N3O3. The first-order chi connectivity index (χ1) is 14.0. The quantitative estimate of drug-likeness (QED) is 0.596. The van der Waals surface area contributed by atoms with Gasteiger partial charge in [-0.1, -0.05) is 31.2 Å². The number of esters is 1. The molecule has 0 saturated heterocycles. The summed E-state index contributed by atoms with van der Waals surface area (Å²) in [5, 5.41) is 6.11. The van der Waals surface area contributed by atoms with E-state index in [1.165, 1.54) is 18.9 Å². The zero-order chi connectivity index (χ0) is 20.8. The fraction of sp³-hybridized carbons (Fsp3) is 0.174. The average Bonchev–Trinajstić information content (AvgIpc) is 2.75. The van der Waals surface area contributed by atoms with Crippen LogP contribution in [0.1, 0.15) is 38.8 Å². The second-order valence-corrected chi connectivity index (χ2v) is 6.55. The Kier molecular flexibility index (Phi) is 6.24. The number of para-hydroxylation sites is 1. The van der Waals surface area contributed by atoms with Crippen molar-refractivity contribution in [1.29, 1.82) is 0 Å². The molecule has 0 aliphatic rings. The minimum Gasteiger partial charge on any atom is -0.465 e. The van der Waals surface area contributed by atoms with Crippen molar-refractivity contribution >= 4 is 29.1 Å². The number of nitrogens with zero attached hydrogens (tertiary/aromatic N) is 1. The molecule has 0 aliphatic carbocycles. The smallest absolute Gasteiger partial charge is 0.337 e. The van der Waals surface area contributed by atoms with Gasteiger partial charge in [0.25, 0.3) is 5.91 Å². The maximum Gasteiger partial charge on any atom is 0.337 e. The molecule has 0 saturated carbocycles. The highest BCUT2D eigenvalue weighted by Crippen LogP contribution is 2.24. The number of hydrogen-bond acceptors (Lipinski definition) is 5. The van der Waals surface area contributed by atoms with Crippen molar-refractivity contribution in [3.8, 4) is 0 Å². The molecule has 148 valence electrons. The minimum atomic E-state index is -0.458. The lowest BCUT2D eigenvalue weighted by atomic mass is 10.1. The molecule has 0 spiro atoms. The summed E-state index contributed by atoms with van der Waals surface area (Å²) in [5.41, 5.74) is 4.68. The van der Waals surface area contributed by atoms with Gasteiger partial charge in [-0.15, -0.1) is 0 Å². The predicted molar refractivity (Wildman–Crippen MR) is 114 cm³/mol. The Labute approximate surface area is 169 Å². The lowest BCUT2D eigenvalue weighted by molar-refractivity contribution is 0.0600. The minimum absolute atomic E-state index is 0.309. The van der Waals surface area contributed by atoms with Crippen molar-refractivity contribution in [2.24, 2.45) is 0 Å². The molecule has 2 aromatic carbocycles. The van der Waals surface area contributed by atoms with Crippen LogP contribution in [0.3, 0.4) is 0 Å². The highest BCUT2D eigenvalue weighted by Gasteiger charge is 2.11. The van der Waals surface area contributed by atoms with Gasteiger partial charge in [0.2, 0.25) is 0 Å². The van der Waals surface area contributed by atoms with E-state index < -0.39 is 5.97 Å². The summed E-state index contributed by atoms with van der Waals surface area (Å²) in [4.78, 5) is 28.5. The van der Waals surface area contributed by atoms with Crippen LogP contribution in [0, 0.1) is 6.92 Å². The number of hydrogen-bond donors (Lipinski definition) is 2. The van der Waals surface area contributed by atoms with Crippen molar-refractivity contribution < 1.29 is 14.3 Å². The number of aryl methyl sites for hydroxylation is 2. The molecule has 6 heteroatoms. The van der Waals surface area contributed by atoms with Crippen molar-refractivity contribution in [1.82, 2.24) is 4.98 Å². The van der Waals surface area contributed by atoms with Crippen molar-refractivity contribution in [3.63, 3.8) is 0 Å². The first kappa shape index (κ1) is 20.1. The molecule has 1 amide bonds. The van der Waals surface area contributed by atoms with Crippen molar-refractivity contribution in [2.45, 2.75) is 20.3 Å². The van der Waals surface area contributed by atoms with Crippen LogP contribution in [0.2, 0.25) is 0 Å². The number of ether oxygens (including phenoxy) is 1. The Morgan fingerprint density at radius 2 is 1.83 bits per heavy atom. The number of aromatic nitrogens is 1. The van der Waals surface area contributed by atoms with E-state index in [1.54, 1.807) is 36.4 Å². The Morgan fingerprint density at radius 1 is 1.03 bits per heavy atom. The van der Waals surface area contributed by atoms with E-state index in [-0.39, 0.29) is 5.91 Å². The van der Waals surface area contributed by atoms with Crippen molar-refractivity contribution in [2.75, 3.05) is 17.7 Å². The highest BCUT2D eigenvalue weighted by atomic mass is 16.5. The van der Waals surface area contributed by atoms with E-state index in [9.17, 15) is 9.59 Å². The molecular weight excluding hydrogens is 366 g/mol. The second-order valence-electron chi connectivity index (χ2n) is 6.55. The molecule has 0 fully saturated rings. The van der Waals surface area contributed by atoms with Crippen LogP contribution in [0.15, 0.2) is 60.8 Å². The van der Waals surface area contributed by atoms with E-state index in [2.05, 4.69) is 28.6 Å². The Balaban J connectivity index is 1.72. The number of benzene rings is 2. The molecule has 2 N–H and O–H groups in total. The first-order valence-corrected chi connectivity index (χ1v) is 9.33. The molecule has 0 aliphatic heterocycles. The number of carbonyl (C=O) groups excluding carboxylic acids is 2. The number of amides is 1. The molecule has 6 nitrogen and oxygen atoms in total. The van der Waals surface area contributed by atoms with Gasteiger partial charge in [-0.3, -0.25) is 4.79 Å². The monoisotopic (exact) mass is 389 g/mol. The van der Waals surface area contributed by atoms with Gasteiger partial charge in [0.15, 0.2) is 0 Å². The maximum atomic E-state index is 12.5. The van der Waals surface area contributed by atoms with Crippen LogP contribution in [-0.4, -0.2) is 24.0 Å². The second kappa shape index (κ2) is 9.01. The molecule has 0 unspecified atom stereocenters. The number of pyridine rings is 1. The van der Waals surface area contributed by atoms with Crippen LogP contribution in [0.5, 0.6) is 0 Å². The molecule has 0 radical (unpaired) electrons. The zero-order valence-corrected chi connectivity index (χ0v) is 16.7. The molecule has 29 heavy (non-hydrogen) atoms. The van der Waals surface area contributed by atoms with E-state index in [4.69, 9.17) is 4.74 Å². The fourth-order valence-corrected chi connectivity index (χ4v) is 2.98. The van der Waals surface area contributed by atoms with Crippen LogP contribution >= 0.6 is 0 Å². The van der Waals surface area contributed by atoms with Crippen LogP contribution in [0.4, 0.5) is 17.2 Å². The summed E-state index contributed by atoms with van der Waals surface area (Å²) in [6.45, 7) is 4.15. The number of methoxy groups -OCH3 is 1. The Morgan fingerprint density at radius 3 is 2.52 bits per heavy atom. The number of nitrogens with one attached hydrogen (secondary N) is 2. The average molecular weight is 389 g/mol. The predicted octanol–water partition coefficient (Wildman–Crippen LogP) is 4.73. The van der Waals surface area contributed by atoms with Crippen LogP contribution in [0.25, 0.3) is 0 Å². The fourth-order valence-electron chi connectivity index (χ4n) is 2.98. The van der Waals surface area contributed by atoms with E-state index in [1.807, 2.05) is 19.1 Å². The Bertz CT molecular complexity index is 1030. The maximum absolute atomic E-state index is 12.5. The van der Waals surface area contributed by atoms with Gasteiger partial charge in [-0.25, -0.2) is 9.78 Å². The zero-order valence-electron chi connectivity index (χ0n) is 16.7. The van der Waals surface area contributed by atoms with Crippen LogP contribution in [-0.2, 0) is 11.2 Å². The normalized spacial score (nSPS) is 10.3. The van der Waals surface area contributed by atoms with E-state index >= 15 is 0 Å². The largest absolute Gasteiger partial charge is 0.465 e. The van der Waals surface area contributed by atoms with Gasteiger partial charge < -0.3 is 15.4 Å². The van der Waals surface area contributed by atoms with Gasteiger partial charge in [0.1, 0.15) is 5.82 Å². The first-order valence-electron chi connectivity index (χ1n) is 9.33. The summed E-state index contributed by atoms with van der Waals surface area (Å²) in [6, 6.07) is 16.2. The summed E-state index contributed by atoms with van der Waals surface area (Å²) in [6.07, 6.45) is 2.43. The summed E-state index contributed by atoms with van der Waals surface area (Å²) >= 11 is 0. The van der Waals surface area contributed by atoms with Gasteiger partial charge in [0, 0.05) is 17.6 Å². The summed E-state index contributed by atoms with van der Waals surface area (Å²) < 4.78 is 4.70.